The molecule has 0 aliphatic carbocycles. The molecule has 1 N–H and O–H groups in total. The van der Waals surface area contributed by atoms with E-state index in [0.29, 0.717) is 25.3 Å². The van der Waals surface area contributed by atoms with Gasteiger partial charge in [-0.3, -0.25) is 14.5 Å². The molecule has 138 valence electrons. The molecule has 2 aromatic heterocycles. The van der Waals surface area contributed by atoms with Crippen LogP contribution in [0.15, 0.2) is 67.3 Å². The molecule has 3 heterocycles. The molecule has 1 fully saturated rings. The number of amides is 1. The zero-order valence-electron chi connectivity index (χ0n) is 15.0. The van der Waals surface area contributed by atoms with Crippen molar-refractivity contribution in [3.8, 4) is 0 Å². The van der Waals surface area contributed by atoms with Gasteiger partial charge in [-0.05, 0) is 47.9 Å². The quantitative estimate of drug-likeness (QED) is 0.731. The largest absolute Gasteiger partial charge is 0.379 e. The van der Waals surface area contributed by atoms with Crippen LogP contribution in [0.3, 0.4) is 0 Å². The minimum atomic E-state index is -0.0625. The normalized spacial score (nSPS) is 19.1. The van der Waals surface area contributed by atoms with Crippen LogP contribution in [0.1, 0.15) is 21.5 Å². The fourth-order valence-electron chi connectivity index (χ4n) is 3.42. The van der Waals surface area contributed by atoms with Crippen LogP contribution in [0.2, 0.25) is 0 Å². The lowest BCUT2D eigenvalue weighted by atomic mass is 9.95. The maximum Gasteiger partial charge on any atom is 0.251 e. The number of ether oxygens (including phenoxy) is 1. The van der Waals surface area contributed by atoms with Gasteiger partial charge >= 0.3 is 0 Å². The second-order valence-electron chi connectivity index (χ2n) is 6.84. The number of nitrogens with one attached hydrogen (secondary N) is 1. The number of rotatable bonds is 6. The Kier molecular flexibility index (Phi) is 5.25. The summed E-state index contributed by atoms with van der Waals surface area (Å²) < 4.78 is 7.47. The van der Waals surface area contributed by atoms with Crippen molar-refractivity contribution < 1.29 is 9.53 Å². The van der Waals surface area contributed by atoms with Crippen molar-refractivity contribution in [2.75, 3.05) is 13.2 Å². The Hall–Kier alpha value is -2.99. The van der Waals surface area contributed by atoms with E-state index in [1.54, 1.807) is 18.6 Å². The van der Waals surface area contributed by atoms with Crippen LogP contribution in [0.5, 0.6) is 0 Å². The predicted molar refractivity (Wildman–Crippen MR) is 101 cm³/mol. The average molecular weight is 362 g/mol. The average Bonchev–Trinajstić information content (AvgIpc) is 3.35. The van der Waals surface area contributed by atoms with Crippen molar-refractivity contribution in [2.45, 2.75) is 19.0 Å². The Morgan fingerprint density at radius 2 is 2.00 bits per heavy atom. The monoisotopic (exact) mass is 362 g/mol. The van der Waals surface area contributed by atoms with Crippen LogP contribution in [0, 0.1) is 5.92 Å². The SMILES string of the molecule is O=C(N[C@@H]1COC[C@H]1Cc1ccncc1)c1cccc(Cn2cccn2)c1. The molecule has 1 saturated heterocycles. The Morgan fingerprint density at radius 3 is 2.81 bits per heavy atom. The van der Waals surface area contributed by atoms with E-state index in [1.165, 1.54) is 5.56 Å². The molecule has 3 aromatic rings. The minimum absolute atomic E-state index is 0.0143. The third kappa shape index (κ3) is 4.41. The fraction of sp³-hybridized carbons (Fsp3) is 0.286. The smallest absolute Gasteiger partial charge is 0.251 e. The summed E-state index contributed by atoms with van der Waals surface area (Å²) in [4.78, 5) is 16.8. The van der Waals surface area contributed by atoms with E-state index in [4.69, 9.17) is 4.74 Å². The summed E-state index contributed by atoms with van der Waals surface area (Å²) in [6, 6.07) is 13.6. The first-order valence-corrected chi connectivity index (χ1v) is 9.12. The van der Waals surface area contributed by atoms with Crippen LogP contribution in [0.25, 0.3) is 0 Å². The molecule has 1 aliphatic heterocycles. The molecule has 27 heavy (non-hydrogen) atoms. The zero-order valence-corrected chi connectivity index (χ0v) is 15.0. The maximum atomic E-state index is 12.8. The molecule has 0 radical (unpaired) electrons. The van der Waals surface area contributed by atoms with Gasteiger partial charge in [0, 0.05) is 36.3 Å². The molecule has 1 amide bonds. The van der Waals surface area contributed by atoms with Gasteiger partial charge in [-0.15, -0.1) is 0 Å². The molecule has 6 heteroatoms. The van der Waals surface area contributed by atoms with Gasteiger partial charge in [-0.25, -0.2) is 0 Å². The number of aromatic nitrogens is 3. The fourth-order valence-corrected chi connectivity index (χ4v) is 3.42. The highest BCUT2D eigenvalue weighted by Crippen LogP contribution is 2.19. The Morgan fingerprint density at radius 1 is 1.11 bits per heavy atom. The van der Waals surface area contributed by atoms with Gasteiger partial charge in [0.15, 0.2) is 0 Å². The summed E-state index contributed by atoms with van der Waals surface area (Å²) in [7, 11) is 0. The number of carbonyl (C=O) groups excluding carboxylic acids is 1. The topological polar surface area (TPSA) is 69.0 Å². The van der Waals surface area contributed by atoms with Gasteiger partial charge < -0.3 is 10.1 Å². The molecular formula is C21H22N4O2. The van der Waals surface area contributed by atoms with Crippen LogP contribution >= 0.6 is 0 Å². The van der Waals surface area contributed by atoms with Gasteiger partial charge in [-0.2, -0.15) is 5.10 Å². The number of carbonyl (C=O) groups is 1. The van der Waals surface area contributed by atoms with Gasteiger partial charge in [0.25, 0.3) is 5.91 Å². The van der Waals surface area contributed by atoms with Gasteiger partial charge in [-0.1, -0.05) is 12.1 Å². The first-order chi connectivity index (χ1) is 13.3. The van der Waals surface area contributed by atoms with Gasteiger partial charge in [0.2, 0.25) is 0 Å². The highest BCUT2D eigenvalue weighted by Gasteiger charge is 2.29. The van der Waals surface area contributed by atoms with Crippen LogP contribution in [-0.4, -0.2) is 39.9 Å². The highest BCUT2D eigenvalue weighted by molar-refractivity contribution is 5.94. The standard InChI is InChI=1S/C21H22N4O2/c26-21(18-4-1-3-17(12-18)13-25-10-2-7-23-25)24-20-15-27-14-19(20)11-16-5-8-22-9-6-16/h1-10,12,19-20H,11,13-15H2,(H,24,26)/t19-,20-/m1/s1. The van der Waals surface area contributed by atoms with Crippen LogP contribution in [0.4, 0.5) is 0 Å². The van der Waals surface area contributed by atoms with Crippen molar-refractivity contribution in [1.29, 1.82) is 0 Å². The van der Waals surface area contributed by atoms with E-state index in [1.807, 2.05) is 53.3 Å². The van der Waals surface area contributed by atoms with Gasteiger partial charge in [0.1, 0.15) is 0 Å². The summed E-state index contributed by atoms with van der Waals surface area (Å²) in [5.74, 6) is 0.205. The Balaban J connectivity index is 1.40. The second-order valence-corrected chi connectivity index (χ2v) is 6.84. The summed E-state index contributed by atoms with van der Waals surface area (Å²) >= 11 is 0. The number of hydrogen-bond donors (Lipinski definition) is 1. The molecule has 4 rings (SSSR count). The lowest BCUT2D eigenvalue weighted by Gasteiger charge is -2.19. The third-order valence-electron chi connectivity index (χ3n) is 4.86. The van der Waals surface area contributed by atoms with E-state index in [2.05, 4.69) is 15.4 Å². The molecular weight excluding hydrogens is 340 g/mol. The molecule has 2 atom stereocenters. The van der Waals surface area contributed by atoms with Gasteiger partial charge in [0.05, 0.1) is 25.8 Å². The van der Waals surface area contributed by atoms with Crippen molar-refractivity contribution in [3.63, 3.8) is 0 Å². The minimum Gasteiger partial charge on any atom is -0.379 e. The van der Waals surface area contributed by atoms with E-state index < -0.39 is 0 Å². The summed E-state index contributed by atoms with van der Waals surface area (Å²) in [5, 5.41) is 7.36. The number of benzene rings is 1. The first kappa shape index (κ1) is 17.4. The van der Waals surface area contributed by atoms with Crippen molar-refractivity contribution in [1.82, 2.24) is 20.1 Å². The zero-order chi connectivity index (χ0) is 18.5. The van der Waals surface area contributed by atoms with Crippen molar-refractivity contribution >= 4 is 5.91 Å². The Labute approximate surface area is 158 Å². The first-order valence-electron chi connectivity index (χ1n) is 9.12. The lowest BCUT2D eigenvalue weighted by molar-refractivity contribution is 0.0925. The maximum absolute atomic E-state index is 12.8. The summed E-state index contributed by atoms with van der Waals surface area (Å²) in [6.45, 7) is 1.85. The van der Waals surface area contributed by atoms with E-state index in [0.717, 1.165) is 12.0 Å². The Bertz CT molecular complexity index is 880. The third-order valence-corrected chi connectivity index (χ3v) is 4.86. The highest BCUT2D eigenvalue weighted by atomic mass is 16.5. The summed E-state index contributed by atoms with van der Waals surface area (Å²) in [6.07, 6.45) is 8.12. The van der Waals surface area contributed by atoms with Crippen LogP contribution < -0.4 is 5.32 Å². The molecule has 0 bridgehead atoms. The van der Waals surface area contributed by atoms with Crippen LogP contribution in [-0.2, 0) is 17.7 Å². The summed E-state index contributed by atoms with van der Waals surface area (Å²) in [5.41, 5.74) is 2.91. The van der Waals surface area contributed by atoms with E-state index in [-0.39, 0.29) is 17.9 Å². The molecule has 0 unspecified atom stereocenters. The molecule has 0 saturated carbocycles. The number of hydrogen-bond acceptors (Lipinski definition) is 4. The van der Waals surface area contributed by atoms with E-state index in [9.17, 15) is 4.79 Å². The molecule has 1 aliphatic rings. The second kappa shape index (κ2) is 8.14. The predicted octanol–water partition coefficient (Wildman–Crippen LogP) is 2.31. The molecule has 6 nitrogen and oxygen atoms in total. The van der Waals surface area contributed by atoms with Crippen molar-refractivity contribution in [3.05, 3.63) is 83.9 Å². The van der Waals surface area contributed by atoms with Crippen molar-refractivity contribution in [2.24, 2.45) is 5.92 Å². The molecule has 1 aromatic carbocycles. The number of nitrogens with zero attached hydrogens (tertiary/aromatic N) is 3. The lowest BCUT2D eigenvalue weighted by Crippen LogP contribution is -2.40. The number of pyridine rings is 1. The van der Waals surface area contributed by atoms with E-state index >= 15 is 0 Å². The molecule has 0 spiro atoms.